The second-order valence-corrected chi connectivity index (χ2v) is 5.19. The smallest absolute Gasteiger partial charge is 0.0169 e. The Morgan fingerprint density at radius 3 is 2.12 bits per heavy atom. The molecule has 1 atom stereocenters. The molecule has 1 aliphatic rings. The average Bonchev–Trinajstić information content (AvgIpc) is 2.29. The van der Waals surface area contributed by atoms with Crippen LogP contribution in [0.25, 0.3) is 0 Å². The van der Waals surface area contributed by atoms with Gasteiger partial charge in [0, 0.05) is 44.8 Å². The van der Waals surface area contributed by atoms with E-state index in [1.165, 1.54) is 45.6 Å². The number of piperazine rings is 1. The van der Waals surface area contributed by atoms with Crippen LogP contribution in [0.3, 0.4) is 0 Å². The number of hydrogen-bond donors (Lipinski definition) is 1. The quantitative estimate of drug-likeness (QED) is 0.740. The van der Waals surface area contributed by atoms with Gasteiger partial charge in [0.1, 0.15) is 0 Å². The number of nitrogens with one attached hydrogen (secondary N) is 1. The van der Waals surface area contributed by atoms with Crippen molar-refractivity contribution in [2.45, 2.75) is 45.7 Å². The molecule has 0 radical (unpaired) electrons. The summed E-state index contributed by atoms with van der Waals surface area (Å²) < 4.78 is 0. The Bertz CT molecular complexity index is 172. The van der Waals surface area contributed by atoms with Crippen LogP contribution in [0, 0.1) is 0 Å². The molecular weight excluding hydrogens is 198 g/mol. The minimum absolute atomic E-state index is 0.619. The lowest BCUT2D eigenvalue weighted by Crippen LogP contribution is -2.50. The number of hydrogen-bond acceptors (Lipinski definition) is 3. The summed E-state index contributed by atoms with van der Waals surface area (Å²) in [4.78, 5) is 5.00. The summed E-state index contributed by atoms with van der Waals surface area (Å²) in [7, 11) is 2.21. The summed E-state index contributed by atoms with van der Waals surface area (Å²) in [5.74, 6) is 0. The van der Waals surface area contributed by atoms with Gasteiger partial charge in [-0.2, -0.15) is 0 Å². The Morgan fingerprint density at radius 2 is 1.62 bits per heavy atom. The highest BCUT2D eigenvalue weighted by atomic mass is 15.3. The summed E-state index contributed by atoms with van der Waals surface area (Å²) in [5.41, 5.74) is 0. The fourth-order valence-corrected chi connectivity index (χ4v) is 2.40. The number of rotatable bonds is 6. The van der Waals surface area contributed by atoms with Gasteiger partial charge in [0.05, 0.1) is 0 Å². The van der Waals surface area contributed by atoms with Crippen LogP contribution in [0.15, 0.2) is 0 Å². The maximum Gasteiger partial charge on any atom is 0.0169 e. The first-order valence-electron chi connectivity index (χ1n) is 6.82. The highest BCUT2D eigenvalue weighted by molar-refractivity contribution is 4.76. The van der Waals surface area contributed by atoms with E-state index in [1.807, 2.05) is 0 Å². The van der Waals surface area contributed by atoms with Crippen molar-refractivity contribution in [3.05, 3.63) is 0 Å². The summed E-state index contributed by atoms with van der Waals surface area (Å²) in [6.07, 6.45) is 2.48. The Morgan fingerprint density at radius 1 is 1.06 bits per heavy atom. The van der Waals surface area contributed by atoms with Crippen LogP contribution in [0.2, 0.25) is 0 Å². The SMILES string of the molecule is CCC(CC)NC(C)CN1CCN(C)CC1. The predicted molar refractivity (Wildman–Crippen MR) is 70.9 cm³/mol. The molecule has 1 heterocycles. The number of likely N-dealkylation sites (N-methyl/N-ethyl adjacent to an activating group) is 1. The zero-order chi connectivity index (χ0) is 12.0. The number of nitrogens with zero attached hydrogens (tertiary/aromatic N) is 2. The van der Waals surface area contributed by atoms with Crippen LogP contribution in [0.1, 0.15) is 33.6 Å². The molecule has 1 rings (SSSR count). The molecule has 0 amide bonds. The first-order valence-corrected chi connectivity index (χ1v) is 6.82. The second kappa shape index (κ2) is 7.25. The summed E-state index contributed by atoms with van der Waals surface area (Å²) >= 11 is 0. The summed E-state index contributed by atoms with van der Waals surface area (Å²) in [6, 6.07) is 1.32. The zero-order valence-corrected chi connectivity index (χ0v) is 11.5. The van der Waals surface area contributed by atoms with Crippen molar-refractivity contribution >= 4 is 0 Å². The van der Waals surface area contributed by atoms with Crippen molar-refractivity contribution in [2.24, 2.45) is 0 Å². The van der Waals surface area contributed by atoms with E-state index in [1.54, 1.807) is 0 Å². The van der Waals surface area contributed by atoms with Crippen LogP contribution in [-0.2, 0) is 0 Å². The molecule has 16 heavy (non-hydrogen) atoms. The zero-order valence-electron chi connectivity index (χ0n) is 11.5. The predicted octanol–water partition coefficient (Wildman–Crippen LogP) is 1.40. The largest absolute Gasteiger partial charge is 0.310 e. The normalized spacial score (nSPS) is 21.6. The lowest BCUT2D eigenvalue weighted by atomic mass is 10.1. The van der Waals surface area contributed by atoms with Crippen molar-refractivity contribution in [2.75, 3.05) is 39.8 Å². The highest BCUT2D eigenvalue weighted by Crippen LogP contribution is 2.03. The van der Waals surface area contributed by atoms with Crippen molar-refractivity contribution in [1.82, 2.24) is 15.1 Å². The van der Waals surface area contributed by atoms with Crippen LogP contribution < -0.4 is 5.32 Å². The Labute approximate surface area is 101 Å². The van der Waals surface area contributed by atoms with E-state index in [0.717, 1.165) is 0 Å². The van der Waals surface area contributed by atoms with Gasteiger partial charge in [-0.25, -0.2) is 0 Å². The van der Waals surface area contributed by atoms with E-state index in [4.69, 9.17) is 0 Å². The van der Waals surface area contributed by atoms with Crippen LogP contribution in [-0.4, -0.2) is 61.7 Å². The molecule has 0 aromatic carbocycles. The van der Waals surface area contributed by atoms with Gasteiger partial charge < -0.3 is 10.2 Å². The second-order valence-electron chi connectivity index (χ2n) is 5.19. The van der Waals surface area contributed by atoms with Crippen molar-refractivity contribution in [1.29, 1.82) is 0 Å². The van der Waals surface area contributed by atoms with Gasteiger partial charge >= 0.3 is 0 Å². The molecule has 1 fully saturated rings. The van der Waals surface area contributed by atoms with Crippen LogP contribution in [0.5, 0.6) is 0 Å². The van der Waals surface area contributed by atoms with Gasteiger partial charge in [-0.3, -0.25) is 4.90 Å². The lowest BCUT2D eigenvalue weighted by Gasteiger charge is -2.34. The molecule has 1 aliphatic heterocycles. The third-order valence-electron chi connectivity index (χ3n) is 3.63. The standard InChI is InChI=1S/C13H29N3/c1-5-13(6-2)14-12(3)11-16-9-7-15(4)8-10-16/h12-14H,5-11H2,1-4H3. The van der Waals surface area contributed by atoms with Crippen LogP contribution >= 0.6 is 0 Å². The van der Waals surface area contributed by atoms with Gasteiger partial charge in [-0.05, 0) is 26.8 Å². The van der Waals surface area contributed by atoms with E-state index in [9.17, 15) is 0 Å². The molecule has 1 unspecified atom stereocenters. The molecule has 1 N–H and O–H groups in total. The first-order chi connectivity index (χ1) is 7.65. The molecule has 0 aromatic rings. The Kier molecular flexibility index (Phi) is 6.32. The molecular formula is C13H29N3. The lowest BCUT2D eigenvalue weighted by molar-refractivity contribution is 0.142. The van der Waals surface area contributed by atoms with Crippen molar-refractivity contribution < 1.29 is 0 Å². The van der Waals surface area contributed by atoms with E-state index >= 15 is 0 Å². The fraction of sp³-hybridized carbons (Fsp3) is 1.00. The Hall–Kier alpha value is -0.120. The maximum absolute atomic E-state index is 3.72. The van der Waals surface area contributed by atoms with Crippen molar-refractivity contribution in [3.63, 3.8) is 0 Å². The molecule has 0 spiro atoms. The first kappa shape index (κ1) is 13.9. The molecule has 3 heteroatoms. The van der Waals surface area contributed by atoms with E-state index in [2.05, 4.69) is 42.9 Å². The molecule has 3 nitrogen and oxygen atoms in total. The molecule has 0 aromatic heterocycles. The summed E-state index contributed by atoms with van der Waals surface area (Å²) in [6.45, 7) is 12.9. The summed E-state index contributed by atoms with van der Waals surface area (Å²) in [5, 5.41) is 3.72. The molecule has 0 saturated carbocycles. The van der Waals surface area contributed by atoms with Gasteiger partial charge in [0.25, 0.3) is 0 Å². The fourth-order valence-electron chi connectivity index (χ4n) is 2.40. The van der Waals surface area contributed by atoms with Gasteiger partial charge in [-0.1, -0.05) is 13.8 Å². The Balaban J connectivity index is 2.20. The minimum atomic E-state index is 0.619. The minimum Gasteiger partial charge on any atom is -0.310 e. The van der Waals surface area contributed by atoms with Gasteiger partial charge in [-0.15, -0.1) is 0 Å². The van der Waals surface area contributed by atoms with Crippen LogP contribution in [0.4, 0.5) is 0 Å². The van der Waals surface area contributed by atoms with E-state index in [-0.39, 0.29) is 0 Å². The topological polar surface area (TPSA) is 18.5 Å². The van der Waals surface area contributed by atoms with Gasteiger partial charge in [0.2, 0.25) is 0 Å². The molecule has 0 bridgehead atoms. The van der Waals surface area contributed by atoms with Gasteiger partial charge in [0.15, 0.2) is 0 Å². The highest BCUT2D eigenvalue weighted by Gasteiger charge is 2.16. The van der Waals surface area contributed by atoms with E-state index in [0.29, 0.717) is 12.1 Å². The molecule has 1 saturated heterocycles. The third kappa shape index (κ3) is 4.81. The van der Waals surface area contributed by atoms with Crippen molar-refractivity contribution in [3.8, 4) is 0 Å². The molecule has 0 aliphatic carbocycles. The average molecular weight is 227 g/mol. The third-order valence-corrected chi connectivity index (χ3v) is 3.63. The molecule has 96 valence electrons. The monoisotopic (exact) mass is 227 g/mol. The van der Waals surface area contributed by atoms with E-state index < -0.39 is 0 Å². The maximum atomic E-state index is 3.72.